The summed E-state index contributed by atoms with van der Waals surface area (Å²) in [5.74, 6) is -0.183. The summed E-state index contributed by atoms with van der Waals surface area (Å²) in [6.45, 7) is 4.62. The Morgan fingerprint density at radius 3 is 2.23 bits per heavy atom. The molecule has 30 heavy (non-hydrogen) atoms. The lowest BCUT2D eigenvalue weighted by molar-refractivity contribution is 0.0952. The van der Waals surface area contributed by atoms with Crippen LogP contribution in [-0.4, -0.2) is 56.0 Å². The molecule has 2 rings (SSSR count). The molecule has 0 fully saturated rings. The number of amides is 1. The summed E-state index contributed by atoms with van der Waals surface area (Å²) in [5, 5.41) is 3.83. The van der Waals surface area contributed by atoms with Gasteiger partial charge in [-0.15, -0.1) is 24.8 Å². The van der Waals surface area contributed by atoms with Crippen LogP contribution in [0.25, 0.3) is 0 Å². The fourth-order valence-electron chi connectivity index (χ4n) is 3.01. The largest absolute Gasteiger partial charge is 0.352 e. The van der Waals surface area contributed by atoms with Crippen molar-refractivity contribution >= 4 is 53.9 Å². The van der Waals surface area contributed by atoms with Gasteiger partial charge in [-0.25, -0.2) is 0 Å². The highest BCUT2D eigenvalue weighted by Crippen LogP contribution is 2.20. The molecule has 0 atom stereocenters. The summed E-state index contributed by atoms with van der Waals surface area (Å²) in [7, 11) is 4.27. The third-order valence-corrected chi connectivity index (χ3v) is 5.11. The number of halogens is 4. The smallest absolute Gasteiger partial charge is 0.252 e. The summed E-state index contributed by atoms with van der Waals surface area (Å²) in [4.78, 5) is 16.8. The lowest BCUT2D eigenvalue weighted by Crippen LogP contribution is -2.30. The second kappa shape index (κ2) is 15.7. The minimum absolute atomic E-state index is 0. The normalized spacial score (nSPS) is 10.5. The van der Waals surface area contributed by atoms with E-state index in [1.807, 2.05) is 6.07 Å². The van der Waals surface area contributed by atoms with Crippen molar-refractivity contribution in [3.63, 3.8) is 0 Å². The highest BCUT2D eigenvalue weighted by Gasteiger charge is 2.10. The lowest BCUT2D eigenvalue weighted by Gasteiger charge is -2.20. The van der Waals surface area contributed by atoms with Crippen LogP contribution in [-0.2, 0) is 6.54 Å². The first-order valence-electron chi connectivity index (χ1n) is 9.60. The molecule has 0 saturated carbocycles. The van der Waals surface area contributed by atoms with E-state index >= 15 is 0 Å². The minimum Gasteiger partial charge on any atom is -0.352 e. The van der Waals surface area contributed by atoms with Gasteiger partial charge in [0.05, 0.1) is 10.6 Å². The number of carbonyl (C=O) groups is 1. The Kier molecular flexibility index (Phi) is 15.2. The lowest BCUT2D eigenvalue weighted by atomic mass is 10.2. The van der Waals surface area contributed by atoms with Crippen LogP contribution in [0, 0.1) is 0 Å². The summed E-state index contributed by atoms with van der Waals surface area (Å²) in [6, 6.07) is 15.4. The molecule has 0 aliphatic rings. The van der Waals surface area contributed by atoms with Crippen molar-refractivity contribution in [3.05, 3.63) is 69.7 Å². The molecule has 0 aliphatic heterocycles. The number of hydrogen-bond donors (Lipinski definition) is 1. The molecular weight excluding hydrogens is 464 g/mol. The summed E-state index contributed by atoms with van der Waals surface area (Å²) < 4.78 is 0. The van der Waals surface area contributed by atoms with Crippen LogP contribution in [0.1, 0.15) is 28.8 Å². The third-order valence-electron chi connectivity index (χ3n) is 4.55. The van der Waals surface area contributed by atoms with Gasteiger partial charge in [0, 0.05) is 18.1 Å². The number of hydrogen-bond acceptors (Lipinski definition) is 3. The molecule has 2 aromatic rings. The van der Waals surface area contributed by atoms with Gasteiger partial charge in [0.2, 0.25) is 0 Å². The van der Waals surface area contributed by atoms with Gasteiger partial charge in [0.15, 0.2) is 0 Å². The van der Waals surface area contributed by atoms with Crippen molar-refractivity contribution in [2.24, 2.45) is 0 Å². The molecule has 0 heterocycles. The van der Waals surface area contributed by atoms with E-state index in [0.717, 1.165) is 39.0 Å². The average Bonchev–Trinajstić information content (AvgIpc) is 2.67. The van der Waals surface area contributed by atoms with Crippen LogP contribution in [0.5, 0.6) is 0 Å². The summed E-state index contributed by atoms with van der Waals surface area (Å²) in [5.41, 5.74) is 1.76. The number of rotatable bonds is 11. The number of benzene rings is 2. The molecule has 1 N–H and O–H groups in total. The molecule has 168 valence electrons. The van der Waals surface area contributed by atoms with E-state index in [0.29, 0.717) is 22.2 Å². The molecule has 0 aliphatic carbocycles. The molecular formula is C22H31Cl4N3O. The zero-order valence-electron chi connectivity index (χ0n) is 17.4. The molecule has 1 amide bonds. The number of carbonyl (C=O) groups excluding carboxylic acids is 1. The van der Waals surface area contributed by atoms with Gasteiger partial charge < -0.3 is 15.1 Å². The highest BCUT2D eigenvalue weighted by atomic mass is 35.5. The van der Waals surface area contributed by atoms with Crippen molar-refractivity contribution in [2.45, 2.75) is 19.4 Å². The molecule has 0 unspecified atom stereocenters. The molecule has 0 saturated heterocycles. The predicted molar refractivity (Wildman–Crippen MR) is 133 cm³/mol. The molecule has 0 aromatic heterocycles. The summed E-state index contributed by atoms with van der Waals surface area (Å²) >= 11 is 12.0. The Morgan fingerprint density at radius 1 is 0.900 bits per heavy atom. The SMILES string of the molecule is CN(CCCNC(=O)c1cc(Cl)ccc1Cl)CCCN(C)Cc1ccccc1.Cl.Cl. The topological polar surface area (TPSA) is 35.6 Å². The number of nitrogens with zero attached hydrogens (tertiary/aromatic N) is 2. The van der Waals surface area contributed by atoms with Crippen LogP contribution in [0.2, 0.25) is 10.0 Å². The maximum absolute atomic E-state index is 12.2. The zero-order chi connectivity index (χ0) is 20.4. The van der Waals surface area contributed by atoms with Gasteiger partial charge in [0.1, 0.15) is 0 Å². The van der Waals surface area contributed by atoms with Crippen LogP contribution in [0.15, 0.2) is 48.5 Å². The van der Waals surface area contributed by atoms with Crippen LogP contribution >= 0.6 is 48.0 Å². The van der Waals surface area contributed by atoms with E-state index in [2.05, 4.69) is 53.5 Å². The Morgan fingerprint density at radius 2 is 1.53 bits per heavy atom. The molecule has 0 bridgehead atoms. The predicted octanol–water partition coefficient (Wildman–Crippen LogP) is 5.41. The van der Waals surface area contributed by atoms with E-state index in [9.17, 15) is 4.79 Å². The maximum atomic E-state index is 12.2. The van der Waals surface area contributed by atoms with Crippen molar-refractivity contribution in [1.82, 2.24) is 15.1 Å². The Hall–Kier alpha value is -1.01. The number of nitrogens with one attached hydrogen (secondary N) is 1. The van der Waals surface area contributed by atoms with Crippen molar-refractivity contribution < 1.29 is 4.79 Å². The van der Waals surface area contributed by atoms with Crippen molar-refractivity contribution in [1.29, 1.82) is 0 Å². The second-order valence-corrected chi connectivity index (χ2v) is 7.96. The van der Waals surface area contributed by atoms with Crippen LogP contribution < -0.4 is 5.32 Å². The molecule has 0 radical (unpaired) electrons. The fourth-order valence-corrected chi connectivity index (χ4v) is 3.39. The van der Waals surface area contributed by atoms with E-state index in [1.165, 1.54) is 5.56 Å². The summed E-state index contributed by atoms with van der Waals surface area (Å²) in [6.07, 6.45) is 2.00. The van der Waals surface area contributed by atoms with Crippen LogP contribution in [0.3, 0.4) is 0 Å². The van der Waals surface area contributed by atoms with Crippen molar-refractivity contribution in [2.75, 3.05) is 40.3 Å². The van der Waals surface area contributed by atoms with Gasteiger partial charge in [-0.1, -0.05) is 53.5 Å². The maximum Gasteiger partial charge on any atom is 0.252 e. The average molecular weight is 495 g/mol. The molecule has 0 spiro atoms. The zero-order valence-corrected chi connectivity index (χ0v) is 20.6. The first-order valence-corrected chi connectivity index (χ1v) is 10.4. The fraction of sp³-hybridized carbons (Fsp3) is 0.409. The monoisotopic (exact) mass is 493 g/mol. The first-order chi connectivity index (χ1) is 13.5. The minimum atomic E-state index is -0.183. The van der Waals surface area contributed by atoms with E-state index in [-0.39, 0.29) is 30.7 Å². The van der Waals surface area contributed by atoms with Gasteiger partial charge in [-0.3, -0.25) is 4.79 Å². The Labute approximate surface area is 202 Å². The van der Waals surface area contributed by atoms with Gasteiger partial charge in [-0.05, 0) is 70.3 Å². The van der Waals surface area contributed by atoms with Gasteiger partial charge in [-0.2, -0.15) is 0 Å². The van der Waals surface area contributed by atoms with E-state index in [4.69, 9.17) is 23.2 Å². The quantitative estimate of drug-likeness (QED) is 0.424. The standard InChI is InChI=1S/C22H29Cl2N3O.2ClH/c1-26(14-7-15-27(2)17-18-8-4-3-5-9-18)13-6-12-25-22(28)20-16-19(23)10-11-21(20)24;;/h3-5,8-11,16H,6-7,12-15,17H2,1-2H3,(H,25,28);2*1H. The Balaban J connectivity index is 0.00000420. The molecule has 8 heteroatoms. The molecule has 2 aromatic carbocycles. The first kappa shape index (κ1) is 29.0. The Bertz CT molecular complexity index is 746. The van der Waals surface area contributed by atoms with Gasteiger partial charge >= 0.3 is 0 Å². The second-order valence-electron chi connectivity index (χ2n) is 7.11. The molecule has 4 nitrogen and oxygen atoms in total. The van der Waals surface area contributed by atoms with Gasteiger partial charge in [0.25, 0.3) is 5.91 Å². The van der Waals surface area contributed by atoms with E-state index < -0.39 is 0 Å². The highest BCUT2D eigenvalue weighted by molar-refractivity contribution is 6.35. The van der Waals surface area contributed by atoms with Crippen LogP contribution in [0.4, 0.5) is 0 Å². The third kappa shape index (κ3) is 10.9. The van der Waals surface area contributed by atoms with Crippen molar-refractivity contribution in [3.8, 4) is 0 Å². The van der Waals surface area contributed by atoms with E-state index in [1.54, 1.807) is 18.2 Å².